The fourth-order valence-electron chi connectivity index (χ4n) is 1.82. The van der Waals surface area contributed by atoms with E-state index in [4.69, 9.17) is 4.74 Å². The molecule has 0 bridgehead atoms. The summed E-state index contributed by atoms with van der Waals surface area (Å²) in [6.07, 6.45) is 1.59. The van der Waals surface area contributed by atoms with E-state index in [1.807, 2.05) is 30.3 Å². The van der Waals surface area contributed by atoms with Crippen LogP contribution in [0.25, 0.3) is 0 Å². The van der Waals surface area contributed by atoms with Crippen molar-refractivity contribution < 1.29 is 9.84 Å². The normalized spacial score (nSPS) is 17.3. The van der Waals surface area contributed by atoms with E-state index in [0.717, 1.165) is 5.56 Å². The van der Waals surface area contributed by atoms with Crippen LogP contribution >= 0.6 is 0 Å². The van der Waals surface area contributed by atoms with Crippen molar-refractivity contribution >= 4 is 11.9 Å². The average molecular weight is 225 g/mol. The molecule has 0 aromatic heterocycles. The summed E-state index contributed by atoms with van der Waals surface area (Å²) in [7, 11) is 0. The van der Waals surface area contributed by atoms with Gasteiger partial charge in [0.15, 0.2) is 6.10 Å². The number of nitrogens with zero attached hydrogens (tertiary/aromatic N) is 1. The molecule has 1 N–H and O–H groups in total. The highest BCUT2D eigenvalue weighted by Crippen LogP contribution is 2.37. The van der Waals surface area contributed by atoms with Crippen molar-refractivity contribution in [2.45, 2.75) is 6.10 Å². The van der Waals surface area contributed by atoms with Gasteiger partial charge in [0.25, 0.3) is 0 Å². The number of phenolic OH excluding ortho intramolecular Hbond substituents is 1. The average Bonchev–Trinajstić information content (AvgIpc) is 2.39. The molecule has 0 saturated heterocycles. The standard InChI is InChI=1S/C14H11NO2/c16-11-6-7-13-12(8-11)15-9-14(17-13)10-4-2-1-3-5-10/h1-9,14,16H. The van der Waals surface area contributed by atoms with Gasteiger partial charge in [0.05, 0.1) is 6.21 Å². The third-order valence-corrected chi connectivity index (χ3v) is 2.67. The van der Waals surface area contributed by atoms with Crippen molar-refractivity contribution in [1.29, 1.82) is 0 Å². The highest BCUT2D eigenvalue weighted by molar-refractivity contribution is 5.75. The minimum atomic E-state index is -0.159. The SMILES string of the molecule is Oc1ccc2c(c1)N=CC(c1ccccc1)O2. The molecule has 0 aliphatic carbocycles. The van der Waals surface area contributed by atoms with Crippen molar-refractivity contribution in [2.24, 2.45) is 4.99 Å². The van der Waals surface area contributed by atoms with Crippen LogP contribution in [0.15, 0.2) is 53.5 Å². The van der Waals surface area contributed by atoms with Crippen molar-refractivity contribution in [3.63, 3.8) is 0 Å². The van der Waals surface area contributed by atoms with Gasteiger partial charge in [0.1, 0.15) is 17.2 Å². The molecular formula is C14H11NO2. The van der Waals surface area contributed by atoms with Crippen LogP contribution in [0.4, 0.5) is 5.69 Å². The first-order valence-electron chi connectivity index (χ1n) is 5.42. The summed E-state index contributed by atoms with van der Waals surface area (Å²) in [5.74, 6) is 0.891. The zero-order chi connectivity index (χ0) is 11.7. The number of ether oxygens (including phenoxy) is 1. The molecule has 1 aliphatic heterocycles. The fourth-order valence-corrected chi connectivity index (χ4v) is 1.82. The van der Waals surface area contributed by atoms with Gasteiger partial charge in [-0.25, -0.2) is 0 Å². The van der Waals surface area contributed by atoms with Gasteiger partial charge >= 0.3 is 0 Å². The van der Waals surface area contributed by atoms with Gasteiger partial charge in [-0.15, -0.1) is 0 Å². The molecule has 17 heavy (non-hydrogen) atoms. The van der Waals surface area contributed by atoms with Gasteiger partial charge in [0.2, 0.25) is 0 Å². The lowest BCUT2D eigenvalue weighted by Gasteiger charge is -2.20. The highest BCUT2D eigenvalue weighted by atomic mass is 16.5. The molecule has 1 atom stereocenters. The van der Waals surface area contributed by atoms with Gasteiger partial charge in [-0.05, 0) is 17.7 Å². The lowest BCUT2D eigenvalue weighted by atomic mass is 10.1. The van der Waals surface area contributed by atoms with Crippen molar-refractivity contribution in [2.75, 3.05) is 0 Å². The first-order chi connectivity index (χ1) is 8.33. The van der Waals surface area contributed by atoms with E-state index < -0.39 is 0 Å². The number of aliphatic imine (C=N–C) groups is 1. The van der Waals surface area contributed by atoms with E-state index in [2.05, 4.69) is 4.99 Å². The summed E-state index contributed by atoms with van der Waals surface area (Å²) in [4.78, 5) is 4.30. The van der Waals surface area contributed by atoms with Crippen molar-refractivity contribution in [3.8, 4) is 11.5 Å². The van der Waals surface area contributed by atoms with Gasteiger partial charge in [-0.3, -0.25) is 4.99 Å². The van der Waals surface area contributed by atoms with Crippen molar-refractivity contribution in [3.05, 3.63) is 54.1 Å². The maximum atomic E-state index is 9.34. The van der Waals surface area contributed by atoms with Crippen LogP contribution in [0.5, 0.6) is 11.5 Å². The maximum absolute atomic E-state index is 9.34. The van der Waals surface area contributed by atoms with Crippen LogP contribution in [-0.4, -0.2) is 11.3 Å². The Labute approximate surface area is 99.0 Å². The number of hydrogen-bond acceptors (Lipinski definition) is 3. The van der Waals surface area contributed by atoms with Crippen LogP contribution in [0.3, 0.4) is 0 Å². The molecule has 3 heteroatoms. The number of phenols is 1. The molecule has 0 spiro atoms. The minimum absolute atomic E-state index is 0.159. The fraction of sp³-hybridized carbons (Fsp3) is 0.0714. The second-order valence-electron chi connectivity index (χ2n) is 3.88. The zero-order valence-corrected chi connectivity index (χ0v) is 9.08. The van der Waals surface area contributed by atoms with E-state index in [0.29, 0.717) is 11.4 Å². The number of aromatic hydroxyl groups is 1. The Morgan fingerprint density at radius 2 is 1.88 bits per heavy atom. The maximum Gasteiger partial charge on any atom is 0.159 e. The quantitative estimate of drug-likeness (QED) is 0.809. The second-order valence-corrected chi connectivity index (χ2v) is 3.88. The van der Waals surface area contributed by atoms with E-state index in [9.17, 15) is 5.11 Å². The second kappa shape index (κ2) is 3.94. The molecule has 1 heterocycles. The molecule has 0 radical (unpaired) electrons. The Morgan fingerprint density at radius 3 is 2.71 bits per heavy atom. The summed E-state index contributed by atoms with van der Waals surface area (Å²) >= 11 is 0. The molecule has 1 unspecified atom stereocenters. The molecule has 2 aromatic carbocycles. The van der Waals surface area contributed by atoms with Gasteiger partial charge in [-0.2, -0.15) is 0 Å². The van der Waals surface area contributed by atoms with E-state index in [-0.39, 0.29) is 11.9 Å². The molecule has 2 aromatic rings. The monoisotopic (exact) mass is 225 g/mol. The first kappa shape index (κ1) is 9.90. The number of rotatable bonds is 1. The summed E-state index contributed by atoms with van der Waals surface area (Å²) in [5, 5.41) is 9.34. The van der Waals surface area contributed by atoms with Crippen LogP contribution in [0, 0.1) is 0 Å². The number of benzene rings is 2. The molecule has 3 nitrogen and oxygen atoms in total. The summed E-state index contributed by atoms with van der Waals surface area (Å²) in [5.41, 5.74) is 1.73. The van der Waals surface area contributed by atoms with Crippen LogP contribution < -0.4 is 4.74 Å². The molecule has 84 valence electrons. The summed E-state index contributed by atoms with van der Waals surface area (Å²) in [6.45, 7) is 0. The lowest BCUT2D eigenvalue weighted by molar-refractivity contribution is 0.274. The Balaban J connectivity index is 1.94. The summed E-state index contributed by atoms with van der Waals surface area (Å²) in [6, 6.07) is 14.8. The molecule has 0 fully saturated rings. The Bertz CT molecular complexity index is 564. The van der Waals surface area contributed by atoms with Crippen LogP contribution in [-0.2, 0) is 0 Å². The topological polar surface area (TPSA) is 41.8 Å². The Kier molecular flexibility index (Phi) is 2.29. The van der Waals surface area contributed by atoms with Gasteiger partial charge < -0.3 is 9.84 Å². The Hall–Kier alpha value is -2.29. The number of hydrogen-bond donors (Lipinski definition) is 1. The Morgan fingerprint density at radius 1 is 1.06 bits per heavy atom. The van der Waals surface area contributed by atoms with Gasteiger partial charge in [0, 0.05) is 6.07 Å². The predicted molar refractivity (Wildman–Crippen MR) is 66.1 cm³/mol. The molecule has 0 amide bonds. The highest BCUT2D eigenvalue weighted by Gasteiger charge is 2.17. The first-order valence-corrected chi connectivity index (χ1v) is 5.42. The van der Waals surface area contributed by atoms with E-state index >= 15 is 0 Å². The van der Waals surface area contributed by atoms with E-state index in [1.165, 1.54) is 0 Å². The zero-order valence-electron chi connectivity index (χ0n) is 9.08. The van der Waals surface area contributed by atoms with Crippen LogP contribution in [0.2, 0.25) is 0 Å². The molecule has 0 saturated carbocycles. The molecular weight excluding hydrogens is 214 g/mol. The minimum Gasteiger partial charge on any atom is -0.508 e. The number of fused-ring (bicyclic) bond motifs is 1. The van der Waals surface area contributed by atoms with Gasteiger partial charge in [-0.1, -0.05) is 30.3 Å². The summed E-state index contributed by atoms with van der Waals surface area (Å²) < 4.78 is 5.81. The van der Waals surface area contributed by atoms with E-state index in [1.54, 1.807) is 24.4 Å². The largest absolute Gasteiger partial charge is 0.508 e. The predicted octanol–water partition coefficient (Wildman–Crippen LogP) is 3.23. The lowest BCUT2D eigenvalue weighted by Crippen LogP contribution is -2.11. The van der Waals surface area contributed by atoms with Crippen molar-refractivity contribution in [1.82, 2.24) is 0 Å². The third kappa shape index (κ3) is 1.87. The smallest absolute Gasteiger partial charge is 0.159 e. The van der Waals surface area contributed by atoms with Crippen LogP contribution in [0.1, 0.15) is 11.7 Å². The third-order valence-electron chi connectivity index (χ3n) is 2.67. The molecule has 3 rings (SSSR count). The molecule has 1 aliphatic rings.